The molecule has 0 aliphatic heterocycles. The smallest absolute Gasteiger partial charge is 0.289 e. The average Bonchev–Trinajstić information content (AvgIpc) is 2.93. The second-order valence-electron chi connectivity index (χ2n) is 4.53. The Morgan fingerprint density at radius 3 is 2.62 bits per heavy atom. The van der Waals surface area contributed by atoms with Crippen molar-refractivity contribution in [3.05, 3.63) is 41.3 Å². The lowest BCUT2D eigenvalue weighted by molar-refractivity contribution is 0.0917. The first-order valence-corrected chi connectivity index (χ1v) is 6.56. The molecule has 0 saturated heterocycles. The monoisotopic (exact) mass is 290 g/mol. The molecule has 0 saturated carbocycles. The van der Waals surface area contributed by atoms with E-state index in [-0.39, 0.29) is 11.7 Å². The first-order chi connectivity index (χ1) is 10.1. The molecule has 21 heavy (non-hydrogen) atoms. The van der Waals surface area contributed by atoms with Gasteiger partial charge in [-0.05, 0) is 31.0 Å². The number of amides is 1. The number of hydrogen-bond acceptors (Lipinski definition) is 5. The van der Waals surface area contributed by atoms with E-state index in [1.807, 2.05) is 18.2 Å². The van der Waals surface area contributed by atoms with E-state index in [2.05, 4.69) is 10.5 Å². The third kappa shape index (κ3) is 3.75. The molecule has 0 atom stereocenters. The van der Waals surface area contributed by atoms with E-state index in [0.29, 0.717) is 30.2 Å². The lowest BCUT2D eigenvalue weighted by Crippen LogP contribution is -2.25. The third-order valence-electron chi connectivity index (χ3n) is 3.00. The summed E-state index contributed by atoms with van der Waals surface area (Å²) in [5.74, 6) is 1.31. The maximum atomic E-state index is 11.8. The summed E-state index contributed by atoms with van der Waals surface area (Å²) in [7, 11) is 3.19. The van der Waals surface area contributed by atoms with Crippen LogP contribution in [0, 0.1) is 6.92 Å². The first kappa shape index (κ1) is 14.9. The molecule has 0 aliphatic carbocycles. The molecule has 6 nitrogen and oxygen atoms in total. The summed E-state index contributed by atoms with van der Waals surface area (Å²) in [5, 5.41) is 6.46. The van der Waals surface area contributed by atoms with Crippen LogP contribution in [-0.4, -0.2) is 31.8 Å². The summed E-state index contributed by atoms with van der Waals surface area (Å²) in [4.78, 5) is 11.8. The van der Waals surface area contributed by atoms with E-state index < -0.39 is 0 Å². The molecule has 1 amide bonds. The van der Waals surface area contributed by atoms with Crippen molar-refractivity contribution in [3.8, 4) is 11.5 Å². The zero-order valence-corrected chi connectivity index (χ0v) is 12.3. The van der Waals surface area contributed by atoms with E-state index in [0.717, 1.165) is 5.56 Å². The maximum absolute atomic E-state index is 11.8. The van der Waals surface area contributed by atoms with Crippen LogP contribution < -0.4 is 14.8 Å². The van der Waals surface area contributed by atoms with Crippen molar-refractivity contribution in [1.82, 2.24) is 10.5 Å². The predicted molar refractivity (Wildman–Crippen MR) is 76.8 cm³/mol. The summed E-state index contributed by atoms with van der Waals surface area (Å²) < 4.78 is 15.3. The minimum Gasteiger partial charge on any atom is -0.493 e. The summed E-state index contributed by atoms with van der Waals surface area (Å²) in [6.45, 7) is 2.26. The highest BCUT2D eigenvalue weighted by molar-refractivity contribution is 5.91. The molecule has 1 aromatic heterocycles. The molecule has 1 N–H and O–H groups in total. The third-order valence-corrected chi connectivity index (χ3v) is 3.00. The zero-order valence-electron chi connectivity index (χ0n) is 12.3. The highest BCUT2D eigenvalue weighted by Gasteiger charge is 2.11. The van der Waals surface area contributed by atoms with Crippen LogP contribution in [0.1, 0.15) is 21.8 Å². The van der Waals surface area contributed by atoms with Crippen LogP contribution in [0.5, 0.6) is 11.5 Å². The van der Waals surface area contributed by atoms with Gasteiger partial charge in [0.2, 0.25) is 5.76 Å². The number of nitrogens with zero attached hydrogens (tertiary/aromatic N) is 1. The van der Waals surface area contributed by atoms with Crippen LogP contribution in [0.2, 0.25) is 0 Å². The topological polar surface area (TPSA) is 73.6 Å². The van der Waals surface area contributed by atoms with Gasteiger partial charge in [0.05, 0.1) is 19.9 Å². The Bertz CT molecular complexity index is 622. The summed E-state index contributed by atoms with van der Waals surface area (Å²) >= 11 is 0. The quantitative estimate of drug-likeness (QED) is 0.880. The van der Waals surface area contributed by atoms with Crippen molar-refractivity contribution in [2.45, 2.75) is 13.3 Å². The van der Waals surface area contributed by atoms with Crippen LogP contribution in [0.25, 0.3) is 0 Å². The van der Waals surface area contributed by atoms with Gasteiger partial charge < -0.3 is 19.3 Å². The van der Waals surface area contributed by atoms with Gasteiger partial charge in [-0.15, -0.1) is 0 Å². The minimum absolute atomic E-state index is 0.222. The van der Waals surface area contributed by atoms with Gasteiger partial charge in [-0.25, -0.2) is 0 Å². The second kappa shape index (κ2) is 6.78. The van der Waals surface area contributed by atoms with Crippen LogP contribution in [0.4, 0.5) is 0 Å². The Hall–Kier alpha value is -2.50. The number of nitrogens with one attached hydrogen (secondary N) is 1. The molecule has 0 spiro atoms. The molecule has 1 aromatic carbocycles. The van der Waals surface area contributed by atoms with Gasteiger partial charge in [0.1, 0.15) is 0 Å². The van der Waals surface area contributed by atoms with Crippen LogP contribution >= 0.6 is 0 Å². The number of methoxy groups -OCH3 is 2. The van der Waals surface area contributed by atoms with Crippen molar-refractivity contribution in [2.75, 3.05) is 20.8 Å². The summed E-state index contributed by atoms with van der Waals surface area (Å²) in [5.41, 5.74) is 1.72. The molecule has 0 aliphatic rings. The SMILES string of the molecule is COc1ccc(CCNC(=O)c2cc(C)no2)cc1OC. The number of benzene rings is 1. The molecule has 0 unspecified atom stereocenters. The van der Waals surface area contributed by atoms with Gasteiger partial charge in [-0.2, -0.15) is 0 Å². The van der Waals surface area contributed by atoms with Crippen molar-refractivity contribution in [3.63, 3.8) is 0 Å². The van der Waals surface area contributed by atoms with Crippen molar-refractivity contribution < 1.29 is 18.8 Å². The van der Waals surface area contributed by atoms with Gasteiger partial charge in [0.25, 0.3) is 5.91 Å². The highest BCUT2D eigenvalue weighted by atomic mass is 16.5. The van der Waals surface area contributed by atoms with E-state index in [1.54, 1.807) is 27.2 Å². The molecule has 2 aromatic rings. The number of hydrogen-bond donors (Lipinski definition) is 1. The second-order valence-corrected chi connectivity index (χ2v) is 4.53. The van der Waals surface area contributed by atoms with Gasteiger partial charge in [-0.3, -0.25) is 4.79 Å². The number of rotatable bonds is 6. The van der Waals surface area contributed by atoms with E-state index in [1.165, 1.54) is 0 Å². The van der Waals surface area contributed by atoms with Gasteiger partial charge in [-0.1, -0.05) is 11.2 Å². The van der Waals surface area contributed by atoms with Gasteiger partial charge in [0.15, 0.2) is 11.5 Å². The van der Waals surface area contributed by atoms with E-state index >= 15 is 0 Å². The molecule has 6 heteroatoms. The van der Waals surface area contributed by atoms with Crippen LogP contribution in [0.15, 0.2) is 28.8 Å². The van der Waals surface area contributed by atoms with Crippen LogP contribution in [0.3, 0.4) is 0 Å². The van der Waals surface area contributed by atoms with Crippen molar-refractivity contribution >= 4 is 5.91 Å². The first-order valence-electron chi connectivity index (χ1n) is 6.56. The Morgan fingerprint density at radius 1 is 1.24 bits per heavy atom. The minimum atomic E-state index is -0.268. The highest BCUT2D eigenvalue weighted by Crippen LogP contribution is 2.27. The van der Waals surface area contributed by atoms with Crippen molar-refractivity contribution in [2.24, 2.45) is 0 Å². The fourth-order valence-corrected chi connectivity index (χ4v) is 1.91. The molecule has 112 valence electrons. The van der Waals surface area contributed by atoms with Crippen LogP contribution in [-0.2, 0) is 6.42 Å². The zero-order chi connectivity index (χ0) is 15.2. The van der Waals surface area contributed by atoms with E-state index in [9.17, 15) is 4.79 Å². The summed E-state index contributed by atoms with van der Waals surface area (Å²) in [6.07, 6.45) is 0.680. The van der Waals surface area contributed by atoms with Gasteiger partial charge in [0, 0.05) is 12.6 Å². The molecular weight excluding hydrogens is 272 g/mol. The number of carbonyl (C=O) groups is 1. The largest absolute Gasteiger partial charge is 0.493 e. The Morgan fingerprint density at radius 2 is 2.00 bits per heavy atom. The van der Waals surface area contributed by atoms with E-state index in [4.69, 9.17) is 14.0 Å². The Labute approximate surface area is 123 Å². The maximum Gasteiger partial charge on any atom is 0.289 e. The normalized spacial score (nSPS) is 10.2. The Kier molecular flexibility index (Phi) is 4.81. The number of aromatic nitrogens is 1. The number of ether oxygens (including phenoxy) is 2. The predicted octanol–water partition coefficient (Wildman–Crippen LogP) is 1.97. The summed E-state index contributed by atoms with van der Waals surface area (Å²) in [6, 6.07) is 7.28. The molecule has 0 bridgehead atoms. The fraction of sp³-hybridized carbons (Fsp3) is 0.333. The molecular formula is C15H18N2O4. The fourth-order valence-electron chi connectivity index (χ4n) is 1.91. The molecule has 0 radical (unpaired) electrons. The van der Waals surface area contributed by atoms with Crippen molar-refractivity contribution in [1.29, 1.82) is 0 Å². The Balaban J connectivity index is 1.90. The lowest BCUT2D eigenvalue weighted by atomic mass is 10.1. The van der Waals surface area contributed by atoms with Gasteiger partial charge >= 0.3 is 0 Å². The molecule has 2 rings (SSSR count). The lowest BCUT2D eigenvalue weighted by Gasteiger charge is -2.09. The molecule has 0 fully saturated rings. The average molecular weight is 290 g/mol. The standard InChI is InChI=1S/C15H18N2O4/c1-10-8-14(21-17-10)15(18)16-7-6-11-4-5-12(19-2)13(9-11)20-3/h4-5,8-9H,6-7H2,1-3H3,(H,16,18). The number of aryl methyl sites for hydroxylation is 1. The molecule has 1 heterocycles. The number of carbonyl (C=O) groups excluding carboxylic acids is 1.